The van der Waals surface area contributed by atoms with Crippen LogP contribution in [0, 0.1) is 23.2 Å². The summed E-state index contributed by atoms with van der Waals surface area (Å²) in [6.07, 6.45) is 7.80. The van der Waals surface area contributed by atoms with E-state index in [2.05, 4.69) is 26.3 Å². The number of halogens is 1. The van der Waals surface area contributed by atoms with Crippen molar-refractivity contribution in [2.75, 3.05) is 35.7 Å². The van der Waals surface area contributed by atoms with E-state index in [0.29, 0.717) is 57.0 Å². The molecule has 0 radical (unpaired) electrons. The molecule has 2 aromatic rings. The number of nitrogens with zero attached hydrogens (tertiary/aromatic N) is 5. The van der Waals surface area contributed by atoms with Crippen molar-refractivity contribution in [1.82, 2.24) is 15.0 Å². The summed E-state index contributed by atoms with van der Waals surface area (Å²) >= 11 is 5.96. The summed E-state index contributed by atoms with van der Waals surface area (Å²) in [5.41, 5.74) is 1.00. The molecule has 2 saturated carbocycles. The van der Waals surface area contributed by atoms with Crippen LogP contribution in [0.1, 0.15) is 48.6 Å². The minimum atomic E-state index is -1.18. The Bertz CT molecular complexity index is 1160. The maximum absolute atomic E-state index is 12.8. The smallest absolute Gasteiger partial charge is 0.149 e. The Morgan fingerprint density at radius 1 is 1.30 bits per heavy atom. The third-order valence-electron chi connectivity index (χ3n) is 7.88. The molecular formula is C23H25ClN6O2S. The molecule has 172 valence electrons. The van der Waals surface area contributed by atoms with Gasteiger partial charge in [-0.05, 0) is 49.5 Å². The second kappa shape index (κ2) is 7.90. The van der Waals surface area contributed by atoms with Gasteiger partial charge in [-0.15, -0.1) is 0 Å². The number of anilines is 2. The second-order valence-electron chi connectivity index (χ2n) is 9.74. The standard InChI is InChI=1S/C23H25ClN6O2S/c24-15-8-26-20(27-9-15)18-13-6-14(18)11-30(10-13)22-17(7-25)16-2-5-33(32)19(16)21(28-22)29-23(12-31)3-1-4-23/h8-9,13-14,18,31H,1-6,10-12H2,(H,28,29)/t13?,14?,18?,33-/m0/s1. The number of piperidine rings is 2. The average Bonchev–Trinajstić information content (AvgIpc) is 3.19. The zero-order valence-electron chi connectivity index (χ0n) is 18.1. The van der Waals surface area contributed by atoms with E-state index < -0.39 is 16.3 Å². The van der Waals surface area contributed by atoms with Crippen LogP contribution in [-0.4, -0.2) is 55.3 Å². The van der Waals surface area contributed by atoms with Crippen molar-refractivity contribution >= 4 is 34.0 Å². The van der Waals surface area contributed by atoms with Gasteiger partial charge in [-0.2, -0.15) is 5.26 Å². The molecule has 2 bridgehead atoms. The van der Waals surface area contributed by atoms with Gasteiger partial charge in [0.25, 0.3) is 0 Å². The lowest BCUT2D eigenvalue weighted by Gasteiger charge is -2.53. The summed E-state index contributed by atoms with van der Waals surface area (Å²) in [5, 5.41) is 24.0. The molecule has 3 aliphatic heterocycles. The summed E-state index contributed by atoms with van der Waals surface area (Å²) in [5.74, 6) is 3.71. The highest BCUT2D eigenvalue weighted by Gasteiger charge is 2.50. The van der Waals surface area contributed by atoms with Gasteiger partial charge in [0.15, 0.2) is 0 Å². The summed E-state index contributed by atoms with van der Waals surface area (Å²) in [6, 6.07) is 2.37. The number of nitriles is 1. The number of hydrogen-bond donors (Lipinski definition) is 2. The Morgan fingerprint density at radius 2 is 2.03 bits per heavy atom. The molecule has 7 rings (SSSR count). The highest BCUT2D eigenvalue weighted by atomic mass is 35.5. The minimum Gasteiger partial charge on any atom is -0.394 e. The Kier molecular flexibility index (Phi) is 5.09. The quantitative estimate of drug-likeness (QED) is 0.665. The zero-order chi connectivity index (χ0) is 22.7. The van der Waals surface area contributed by atoms with Gasteiger partial charge in [-0.25, -0.2) is 15.0 Å². The van der Waals surface area contributed by atoms with Crippen LogP contribution >= 0.6 is 11.6 Å². The maximum Gasteiger partial charge on any atom is 0.149 e. The first-order chi connectivity index (χ1) is 16.0. The van der Waals surface area contributed by atoms with Crippen molar-refractivity contribution < 1.29 is 9.32 Å². The predicted molar refractivity (Wildman–Crippen MR) is 125 cm³/mol. The first-order valence-electron chi connectivity index (χ1n) is 11.5. The molecular weight excluding hydrogens is 460 g/mol. The molecule has 0 spiro atoms. The van der Waals surface area contributed by atoms with Crippen molar-refractivity contribution in [3.8, 4) is 6.07 Å². The Labute approximate surface area is 199 Å². The molecule has 33 heavy (non-hydrogen) atoms. The van der Waals surface area contributed by atoms with Crippen LogP contribution in [-0.2, 0) is 17.2 Å². The van der Waals surface area contributed by atoms with E-state index in [9.17, 15) is 14.6 Å². The molecule has 3 atom stereocenters. The van der Waals surface area contributed by atoms with E-state index in [1.165, 1.54) is 0 Å². The molecule has 2 N–H and O–H groups in total. The second-order valence-corrected chi connectivity index (χ2v) is 11.7. The number of aliphatic hydroxyl groups is 1. The van der Waals surface area contributed by atoms with E-state index in [4.69, 9.17) is 16.6 Å². The number of rotatable bonds is 5. The number of hydrogen-bond acceptors (Lipinski definition) is 8. The van der Waals surface area contributed by atoms with E-state index in [1.807, 2.05) is 0 Å². The lowest BCUT2D eigenvalue weighted by molar-refractivity contribution is 0.104. The van der Waals surface area contributed by atoms with Crippen molar-refractivity contribution in [3.05, 3.63) is 34.4 Å². The van der Waals surface area contributed by atoms with E-state index in [-0.39, 0.29) is 6.61 Å². The Balaban J connectivity index is 1.34. The molecule has 5 heterocycles. The molecule has 4 fully saturated rings. The summed E-state index contributed by atoms with van der Waals surface area (Å²) < 4.78 is 12.8. The molecule has 2 unspecified atom stereocenters. The van der Waals surface area contributed by atoms with Gasteiger partial charge in [-0.3, -0.25) is 4.21 Å². The normalized spacial score (nSPS) is 28.9. The first kappa shape index (κ1) is 21.3. The Morgan fingerprint density at radius 3 is 2.64 bits per heavy atom. The largest absolute Gasteiger partial charge is 0.394 e. The summed E-state index contributed by atoms with van der Waals surface area (Å²) in [7, 11) is -1.18. The van der Waals surface area contributed by atoms with Crippen molar-refractivity contribution in [3.63, 3.8) is 0 Å². The van der Waals surface area contributed by atoms with Gasteiger partial charge in [-0.1, -0.05) is 11.6 Å². The number of aliphatic hydroxyl groups excluding tert-OH is 1. The fourth-order valence-electron chi connectivity index (χ4n) is 5.97. The average molecular weight is 485 g/mol. The van der Waals surface area contributed by atoms with E-state index in [1.54, 1.807) is 12.4 Å². The third kappa shape index (κ3) is 3.34. The van der Waals surface area contributed by atoms with Crippen LogP contribution in [0.2, 0.25) is 5.02 Å². The van der Waals surface area contributed by atoms with Gasteiger partial charge in [0.2, 0.25) is 0 Å². The predicted octanol–water partition coefficient (Wildman–Crippen LogP) is 2.63. The van der Waals surface area contributed by atoms with Crippen molar-refractivity contribution in [2.24, 2.45) is 11.8 Å². The number of nitrogens with one attached hydrogen (secondary N) is 1. The molecule has 0 amide bonds. The van der Waals surface area contributed by atoms with Crippen LogP contribution in [0.3, 0.4) is 0 Å². The highest BCUT2D eigenvalue weighted by Crippen LogP contribution is 2.52. The van der Waals surface area contributed by atoms with E-state index >= 15 is 0 Å². The number of aromatic nitrogens is 3. The molecule has 10 heteroatoms. The fourth-order valence-corrected chi connectivity index (χ4v) is 7.45. The van der Waals surface area contributed by atoms with Gasteiger partial charge in [0.1, 0.15) is 23.5 Å². The van der Waals surface area contributed by atoms with Crippen LogP contribution in [0.15, 0.2) is 17.3 Å². The minimum absolute atomic E-state index is 0.0159. The van der Waals surface area contributed by atoms with Gasteiger partial charge >= 0.3 is 0 Å². The summed E-state index contributed by atoms with van der Waals surface area (Å²) in [4.78, 5) is 16.7. The molecule has 0 aromatic carbocycles. The number of fused-ring (bicyclic) bond motifs is 3. The topological polar surface area (TPSA) is 115 Å². The van der Waals surface area contributed by atoms with E-state index in [0.717, 1.165) is 50.2 Å². The van der Waals surface area contributed by atoms with Crippen LogP contribution in [0.5, 0.6) is 0 Å². The fraction of sp³-hybridized carbons (Fsp3) is 0.565. The molecule has 2 aromatic heterocycles. The van der Waals surface area contributed by atoms with Crippen LogP contribution in [0.4, 0.5) is 11.6 Å². The molecule has 5 aliphatic rings. The molecule has 8 nitrogen and oxygen atoms in total. The molecule has 2 saturated heterocycles. The van der Waals surface area contributed by atoms with Gasteiger partial charge < -0.3 is 15.3 Å². The SMILES string of the molecule is N#Cc1c(N2CC3CC(C2)C3c2ncc(Cl)cn2)nc(NC2(CO)CCC2)c2c1CC[S@@]2=O. The summed E-state index contributed by atoms with van der Waals surface area (Å²) in [6.45, 7) is 1.57. The highest BCUT2D eigenvalue weighted by molar-refractivity contribution is 7.85. The molecule has 2 aliphatic carbocycles. The van der Waals surface area contributed by atoms with Gasteiger partial charge in [0, 0.05) is 37.2 Å². The maximum atomic E-state index is 12.8. The first-order valence-corrected chi connectivity index (χ1v) is 13.2. The van der Waals surface area contributed by atoms with Crippen LogP contribution in [0.25, 0.3) is 0 Å². The number of pyridine rings is 1. The van der Waals surface area contributed by atoms with Gasteiger partial charge in [0.05, 0.1) is 38.4 Å². The van der Waals surface area contributed by atoms with Crippen molar-refractivity contribution in [2.45, 2.75) is 48.5 Å². The lowest BCUT2D eigenvalue weighted by Crippen LogP contribution is -2.55. The third-order valence-corrected chi connectivity index (χ3v) is 9.54. The Hall–Kier alpha value is -2.28. The van der Waals surface area contributed by atoms with Crippen molar-refractivity contribution in [1.29, 1.82) is 5.26 Å². The lowest BCUT2D eigenvalue weighted by atomic mass is 9.61. The monoisotopic (exact) mass is 484 g/mol. The zero-order valence-corrected chi connectivity index (χ0v) is 19.7. The van der Waals surface area contributed by atoms with Crippen LogP contribution < -0.4 is 10.2 Å².